The van der Waals surface area contributed by atoms with Crippen molar-refractivity contribution in [2.45, 2.75) is 25.7 Å². The first-order valence-electron chi connectivity index (χ1n) is 6.60. The second kappa shape index (κ2) is 6.46. The van der Waals surface area contributed by atoms with Gasteiger partial charge in [-0.1, -0.05) is 0 Å². The highest BCUT2D eigenvalue weighted by atomic mass is 15.2. The van der Waals surface area contributed by atoms with Crippen molar-refractivity contribution in [3.8, 4) is 0 Å². The maximum absolute atomic E-state index is 3.54. The third-order valence-electron chi connectivity index (χ3n) is 3.55. The molecule has 3 nitrogen and oxygen atoms in total. The van der Waals surface area contributed by atoms with Gasteiger partial charge < -0.3 is 15.1 Å². The Balaban J connectivity index is 1.86. The minimum absolute atomic E-state index is 1.20. The molecule has 0 aliphatic carbocycles. The molecule has 3 rings (SSSR count). The molecule has 2 bridgehead atoms. The van der Waals surface area contributed by atoms with Crippen LogP contribution in [0.2, 0.25) is 0 Å². The van der Waals surface area contributed by atoms with E-state index in [1.54, 1.807) is 0 Å². The maximum atomic E-state index is 3.54. The molecule has 0 aromatic heterocycles. The number of fused-ring (bicyclic) bond motifs is 10. The Hall–Kier alpha value is -0.120. The predicted molar refractivity (Wildman–Crippen MR) is 64.2 cm³/mol. The highest BCUT2D eigenvalue weighted by Gasteiger charge is 2.12. The average Bonchev–Trinajstić information content (AvgIpc) is 2.16. The molecule has 0 spiro atoms. The molecule has 0 aromatic rings. The largest absolute Gasteiger partial charge is 0.317 e. The van der Waals surface area contributed by atoms with Gasteiger partial charge in [0.1, 0.15) is 0 Å². The molecule has 3 fully saturated rings. The average molecular weight is 211 g/mol. The van der Waals surface area contributed by atoms with Crippen LogP contribution >= 0.6 is 0 Å². The van der Waals surface area contributed by atoms with Crippen LogP contribution in [0.4, 0.5) is 0 Å². The number of nitrogens with zero attached hydrogens (tertiary/aromatic N) is 2. The highest BCUT2D eigenvalue weighted by Crippen LogP contribution is 2.06. The van der Waals surface area contributed by atoms with E-state index in [9.17, 15) is 0 Å². The van der Waals surface area contributed by atoms with Gasteiger partial charge in [0.2, 0.25) is 0 Å². The van der Waals surface area contributed by atoms with E-state index in [1.165, 1.54) is 78.0 Å². The van der Waals surface area contributed by atoms with Crippen molar-refractivity contribution < 1.29 is 0 Å². The quantitative estimate of drug-likeness (QED) is 0.638. The predicted octanol–water partition coefficient (Wildman–Crippen LogP) is 0.768. The smallest absolute Gasteiger partial charge is 0.000653 e. The Morgan fingerprint density at radius 1 is 0.533 bits per heavy atom. The van der Waals surface area contributed by atoms with Gasteiger partial charge in [-0.25, -0.2) is 0 Å². The summed E-state index contributed by atoms with van der Waals surface area (Å²) in [6.07, 6.45) is 5.38. The van der Waals surface area contributed by atoms with Gasteiger partial charge in [0, 0.05) is 0 Å². The first-order chi connectivity index (χ1) is 7.45. The second-order valence-electron chi connectivity index (χ2n) is 4.85. The minimum atomic E-state index is 1.20. The number of hydrogen-bond donors (Lipinski definition) is 1. The molecule has 0 saturated carbocycles. The summed E-state index contributed by atoms with van der Waals surface area (Å²) in [5.41, 5.74) is 0. The van der Waals surface area contributed by atoms with E-state index in [2.05, 4.69) is 15.1 Å². The van der Waals surface area contributed by atoms with E-state index in [4.69, 9.17) is 0 Å². The van der Waals surface area contributed by atoms with Crippen molar-refractivity contribution in [2.75, 3.05) is 52.4 Å². The monoisotopic (exact) mass is 211 g/mol. The fourth-order valence-electron chi connectivity index (χ4n) is 2.69. The molecule has 0 amide bonds. The van der Waals surface area contributed by atoms with Gasteiger partial charge >= 0.3 is 0 Å². The van der Waals surface area contributed by atoms with Gasteiger partial charge in [0.25, 0.3) is 0 Å². The van der Waals surface area contributed by atoms with Crippen LogP contribution in [0, 0.1) is 0 Å². The summed E-state index contributed by atoms with van der Waals surface area (Å²) in [7, 11) is 0. The van der Waals surface area contributed by atoms with Gasteiger partial charge in [-0.3, -0.25) is 0 Å². The molecule has 3 saturated heterocycles. The zero-order chi connectivity index (χ0) is 10.3. The standard InChI is InChI=1S/C12H25N3/c1-5-13-6-2-8-15-11-3-9-14(7-1)10-4-12-15/h13H,1-12H2. The molecule has 3 heterocycles. The lowest BCUT2D eigenvalue weighted by Gasteiger charge is -2.31. The van der Waals surface area contributed by atoms with Crippen molar-refractivity contribution >= 4 is 0 Å². The second-order valence-corrected chi connectivity index (χ2v) is 4.85. The van der Waals surface area contributed by atoms with E-state index in [1.807, 2.05) is 0 Å². The van der Waals surface area contributed by atoms with Gasteiger partial charge in [-0.15, -0.1) is 0 Å². The minimum Gasteiger partial charge on any atom is -0.317 e. The lowest BCUT2D eigenvalue weighted by molar-refractivity contribution is 0.175. The summed E-state index contributed by atoms with van der Waals surface area (Å²) in [6, 6.07) is 0. The van der Waals surface area contributed by atoms with E-state index in [0.717, 1.165) is 0 Å². The summed E-state index contributed by atoms with van der Waals surface area (Å²) in [4.78, 5) is 5.31. The molecule has 3 heteroatoms. The molecular formula is C12H25N3. The molecule has 3 aliphatic heterocycles. The van der Waals surface area contributed by atoms with Gasteiger partial charge in [-0.2, -0.15) is 0 Å². The van der Waals surface area contributed by atoms with Crippen molar-refractivity contribution in [2.24, 2.45) is 0 Å². The molecule has 0 unspecified atom stereocenters. The van der Waals surface area contributed by atoms with Crippen molar-refractivity contribution in [1.82, 2.24) is 15.1 Å². The molecule has 0 radical (unpaired) electrons. The van der Waals surface area contributed by atoms with Crippen molar-refractivity contribution in [3.63, 3.8) is 0 Å². The van der Waals surface area contributed by atoms with Crippen LogP contribution < -0.4 is 5.32 Å². The molecule has 15 heavy (non-hydrogen) atoms. The van der Waals surface area contributed by atoms with Crippen LogP contribution in [0.15, 0.2) is 0 Å². The number of rotatable bonds is 0. The Labute approximate surface area is 93.8 Å². The lowest BCUT2D eigenvalue weighted by Crippen LogP contribution is -2.39. The summed E-state index contributed by atoms with van der Waals surface area (Å²) in [6.45, 7) is 10.3. The molecule has 0 atom stereocenters. The Bertz CT molecular complexity index is 141. The lowest BCUT2D eigenvalue weighted by atomic mass is 10.2. The topological polar surface area (TPSA) is 18.5 Å². The molecule has 0 aromatic carbocycles. The highest BCUT2D eigenvalue weighted by molar-refractivity contribution is 4.69. The van der Waals surface area contributed by atoms with Crippen molar-refractivity contribution in [1.29, 1.82) is 0 Å². The number of hydrogen-bond acceptors (Lipinski definition) is 3. The van der Waals surface area contributed by atoms with Gasteiger partial charge in [-0.05, 0) is 78.0 Å². The van der Waals surface area contributed by atoms with E-state index in [0.29, 0.717) is 0 Å². The van der Waals surface area contributed by atoms with Gasteiger partial charge in [0.05, 0.1) is 0 Å². The third-order valence-corrected chi connectivity index (χ3v) is 3.55. The maximum Gasteiger partial charge on any atom is -0.000653 e. The van der Waals surface area contributed by atoms with E-state index >= 15 is 0 Å². The zero-order valence-electron chi connectivity index (χ0n) is 9.88. The molecule has 1 N–H and O–H groups in total. The van der Waals surface area contributed by atoms with Crippen LogP contribution in [0.1, 0.15) is 25.7 Å². The SMILES string of the molecule is C1CNCCCN2CCCN(C1)CCC2. The first kappa shape index (κ1) is 11.4. The first-order valence-corrected chi connectivity index (χ1v) is 6.60. The van der Waals surface area contributed by atoms with Crippen molar-refractivity contribution in [3.05, 3.63) is 0 Å². The Morgan fingerprint density at radius 3 is 1.40 bits per heavy atom. The normalized spacial score (nSPS) is 35.2. The molecule has 88 valence electrons. The van der Waals surface area contributed by atoms with Crippen LogP contribution in [-0.4, -0.2) is 62.2 Å². The van der Waals surface area contributed by atoms with Crippen LogP contribution in [0.5, 0.6) is 0 Å². The summed E-state index contributed by atoms with van der Waals surface area (Å²) < 4.78 is 0. The van der Waals surface area contributed by atoms with E-state index < -0.39 is 0 Å². The van der Waals surface area contributed by atoms with Crippen LogP contribution in [0.3, 0.4) is 0 Å². The summed E-state index contributed by atoms with van der Waals surface area (Å²) in [5, 5.41) is 3.54. The molecule has 3 aliphatic rings. The molecular weight excluding hydrogens is 186 g/mol. The van der Waals surface area contributed by atoms with Crippen LogP contribution in [-0.2, 0) is 0 Å². The Kier molecular flexibility index (Phi) is 4.90. The zero-order valence-corrected chi connectivity index (χ0v) is 9.88. The summed E-state index contributed by atoms with van der Waals surface area (Å²) in [5.74, 6) is 0. The fraction of sp³-hybridized carbons (Fsp3) is 1.00. The Morgan fingerprint density at radius 2 is 0.933 bits per heavy atom. The summed E-state index contributed by atoms with van der Waals surface area (Å²) >= 11 is 0. The van der Waals surface area contributed by atoms with Gasteiger partial charge in [0.15, 0.2) is 0 Å². The number of nitrogens with one attached hydrogen (secondary N) is 1. The van der Waals surface area contributed by atoms with Crippen LogP contribution in [0.25, 0.3) is 0 Å². The fourth-order valence-corrected chi connectivity index (χ4v) is 2.69. The third kappa shape index (κ3) is 4.09. The van der Waals surface area contributed by atoms with E-state index in [-0.39, 0.29) is 0 Å².